The first-order chi connectivity index (χ1) is 8.50. The number of aryl methyl sites for hydroxylation is 1. The van der Waals surface area contributed by atoms with Gasteiger partial charge in [-0.25, -0.2) is 0 Å². The van der Waals surface area contributed by atoms with E-state index in [2.05, 4.69) is 5.32 Å². The van der Waals surface area contributed by atoms with Crippen LogP contribution >= 0.6 is 0 Å². The van der Waals surface area contributed by atoms with E-state index in [9.17, 15) is 9.59 Å². The molecule has 5 nitrogen and oxygen atoms in total. The molecule has 1 aromatic rings. The predicted octanol–water partition coefficient (Wildman–Crippen LogP) is -0.0635. The van der Waals surface area contributed by atoms with Crippen LogP contribution in [0.2, 0.25) is 0 Å². The Kier molecular flexibility index (Phi) is 5.32. The van der Waals surface area contributed by atoms with Gasteiger partial charge in [0, 0.05) is 0 Å². The van der Waals surface area contributed by atoms with Gasteiger partial charge in [0.25, 0.3) is 0 Å². The Morgan fingerprint density at radius 2 is 1.89 bits per heavy atom. The number of rotatable bonds is 6. The van der Waals surface area contributed by atoms with E-state index in [-0.39, 0.29) is 5.91 Å². The van der Waals surface area contributed by atoms with E-state index >= 15 is 0 Å². The number of hydrogen-bond acceptors (Lipinski definition) is 3. The Hall–Kier alpha value is -1.88. The summed E-state index contributed by atoms with van der Waals surface area (Å²) in [4.78, 5) is 22.4. The van der Waals surface area contributed by atoms with E-state index in [1.807, 2.05) is 30.3 Å². The number of amides is 2. The summed E-state index contributed by atoms with van der Waals surface area (Å²) in [5.41, 5.74) is 11.9. The third kappa shape index (κ3) is 4.55. The molecule has 0 aliphatic heterocycles. The van der Waals surface area contributed by atoms with Crippen LogP contribution in [-0.4, -0.2) is 23.9 Å². The molecule has 1 rings (SSSR count). The molecule has 0 radical (unpaired) electrons. The van der Waals surface area contributed by atoms with Crippen LogP contribution in [0.15, 0.2) is 30.3 Å². The molecule has 0 aliphatic carbocycles. The lowest BCUT2D eigenvalue weighted by Crippen LogP contribution is -2.49. The first kappa shape index (κ1) is 14.2. The van der Waals surface area contributed by atoms with Crippen LogP contribution in [0.25, 0.3) is 0 Å². The molecule has 0 fully saturated rings. The smallest absolute Gasteiger partial charge is 0.239 e. The van der Waals surface area contributed by atoms with E-state index in [0.717, 1.165) is 12.0 Å². The maximum atomic E-state index is 11.6. The second kappa shape index (κ2) is 6.76. The average Bonchev–Trinajstić information content (AvgIpc) is 2.36. The molecule has 1 aromatic carbocycles. The number of hydrogen-bond donors (Lipinski definition) is 3. The largest absolute Gasteiger partial charge is 0.368 e. The summed E-state index contributed by atoms with van der Waals surface area (Å²) in [6.07, 6.45) is 1.25. The summed E-state index contributed by atoms with van der Waals surface area (Å²) in [6, 6.07) is 8.46. The molecule has 0 saturated carbocycles. The van der Waals surface area contributed by atoms with E-state index in [1.165, 1.54) is 6.92 Å². The van der Waals surface area contributed by atoms with Gasteiger partial charge in [0.15, 0.2) is 0 Å². The Labute approximate surface area is 107 Å². The maximum Gasteiger partial charge on any atom is 0.239 e. The first-order valence-electron chi connectivity index (χ1n) is 5.90. The number of carbonyl (C=O) groups is 2. The summed E-state index contributed by atoms with van der Waals surface area (Å²) >= 11 is 0. The van der Waals surface area contributed by atoms with Gasteiger partial charge in [-0.15, -0.1) is 0 Å². The number of nitrogens with two attached hydrogens (primary N) is 2. The highest BCUT2D eigenvalue weighted by Crippen LogP contribution is 2.04. The minimum Gasteiger partial charge on any atom is -0.368 e. The number of nitrogens with one attached hydrogen (secondary N) is 1. The number of carbonyl (C=O) groups excluding carboxylic acids is 2. The first-order valence-corrected chi connectivity index (χ1v) is 5.90. The second-order valence-corrected chi connectivity index (χ2v) is 4.26. The van der Waals surface area contributed by atoms with Crippen molar-refractivity contribution in [1.82, 2.24) is 5.32 Å². The van der Waals surface area contributed by atoms with Gasteiger partial charge in [-0.2, -0.15) is 0 Å². The Morgan fingerprint density at radius 3 is 2.44 bits per heavy atom. The molecule has 2 atom stereocenters. The van der Waals surface area contributed by atoms with Crippen molar-refractivity contribution < 1.29 is 9.59 Å². The SMILES string of the molecule is CC(NC(=O)[C@@H](N)CCc1ccccc1)C(N)=O. The third-order valence-corrected chi connectivity index (χ3v) is 2.71. The maximum absolute atomic E-state index is 11.6. The highest BCUT2D eigenvalue weighted by atomic mass is 16.2. The lowest BCUT2D eigenvalue weighted by Gasteiger charge is -2.15. The number of primary amides is 1. The highest BCUT2D eigenvalue weighted by molar-refractivity contribution is 5.88. The Bertz CT molecular complexity index is 406. The van der Waals surface area contributed by atoms with Crippen molar-refractivity contribution in [3.63, 3.8) is 0 Å². The monoisotopic (exact) mass is 249 g/mol. The number of benzene rings is 1. The van der Waals surface area contributed by atoms with Gasteiger partial charge in [0.1, 0.15) is 6.04 Å². The molecule has 0 aliphatic rings. The molecule has 0 heterocycles. The molecule has 5 N–H and O–H groups in total. The fourth-order valence-electron chi connectivity index (χ4n) is 1.49. The molecule has 2 amide bonds. The van der Waals surface area contributed by atoms with Gasteiger partial charge < -0.3 is 16.8 Å². The molecular weight excluding hydrogens is 230 g/mol. The summed E-state index contributed by atoms with van der Waals surface area (Å²) in [5.74, 6) is -0.921. The summed E-state index contributed by atoms with van der Waals surface area (Å²) in [5, 5.41) is 2.48. The third-order valence-electron chi connectivity index (χ3n) is 2.71. The normalized spacial score (nSPS) is 13.7. The average molecular weight is 249 g/mol. The van der Waals surface area contributed by atoms with Gasteiger partial charge in [0.2, 0.25) is 11.8 Å². The Balaban J connectivity index is 2.39. The fraction of sp³-hybridized carbons (Fsp3) is 0.385. The van der Waals surface area contributed by atoms with Crippen LogP contribution in [0.5, 0.6) is 0 Å². The van der Waals surface area contributed by atoms with Crippen molar-refractivity contribution in [2.75, 3.05) is 0 Å². The topological polar surface area (TPSA) is 98.2 Å². The van der Waals surface area contributed by atoms with Crippen molar-refractivity contribution in [3.05, 3.63) is 35.9 Å². The van der Waals surface area contributed by atoms with Crippen molar-refractivity contribution >= 4 is 11.8 Å². The summed E-state index contributed by atoms with van der Waals surface area (Å²) in [7, 11) is 0. The molecular formula is C13H19N3O2. The van der Waals surface area contributed by atoms with Crippen molar-refractivity contribution in [2.45, 2.75) is 31.8 Å². The lowest BCUT2D eigenvalue weighted by molar-refractivity contribution is -0.127. The van der Waals surface area contributed by atoms with Crippen molar-refractivity contribution in [3.8, 4) is 0 Å². The predicted molar refractivity (Wildman–Crippen MR) is 69.5 cm³/mol. The van der Waals surface area contributed by atoms with Gasteiger partial charge >= 0.3 is 0 Å². The minimum atomic E-state index is -0.694. The summed E-state index contributed by atoms with van der Waals surface area (Å²) in [6.45, 7) is 1.53. The molecule has 5 heteroatoms. The van der Waals surface area contributed by atoms with E-state index in [1.54, 1.807) is 0 Å². The zero-order chi connectivity index (χ0) is 13.5. The zero-order valence-corrected chi connectivity index (χ0v) is 10.4. The van der Waals surface area contributed by atoms with E-state index in [4.69, 9.17) is 11.5 Å². The van der Waals surface area contributed by atoms with E-state index in [0.29, 0.717) is 6.42 Å². The van der Waals surface area contributed by atoms with Crippen LogP contribution in [0.3, 0.4) is 0 Å². The second-order valence-electron chi connectivity index (χ2n) is 4.26. The van der Waals surface area contributed by atoms with Gasteiger partial charge in [-0.1, -0.05) is 30.3 Å². The molecule has 98 valence electrons. The van der Waals surface area contributed by atoms with Gasteiger partial charge in [-0.05, 0) is 25.3 Å². The minimum absolute atomic E-state index is 0.350. The molecule has 0 saturated heterocycles. The quantitative estimate of drug-likeness (QED) is 0.658. The van der Waals surface area contributed by atoms with Gasteiger partial charge in [0.05, 0.1) is 6.04 Å². The van der Waals surface area contributed by atoms with Crippen LogP contribution < -0.4 is 16.8 Å². The molecule has 18 heavy (non-hydrogen) atoms. The zero-order valence-electron chi connectivity index (χ0n) is 10.4. The summed E-state index contributed by atoms with van der Waals surface area (Å²) < 4.78 is 0. The van der Waals surface area contributed by atoms with E-state index < -0.39 is 18.0 Å². The Morgan fingerprint density at radius 1 is 1.28 bits per heavy atom. The van der Waals surface area contributed by atoms with Crippen LogP contribution in [0.1, 0.15) is 18.9 Å². The van der Waals surface area contributed by atoms with Gasteiger partial charge in [-0.3, -0.25) is 9.59 Å². The van der Waals surface area contributed by atoms with Crippen LogP contribution in [-0.2, 0) is 16.0 Å². The van der Waals surface area contributed by atoms with Crippen molar-refractivity contribution in [1.29, 1.82) is 0 Å². The lowest BCUT2D eigenvalue weighted by atomic mass is 10.1. The van der Waals surface area contributed by atoms with Crippen molar-refractivity contribution in [2.24, 2.45) is 11.5 Å². The van der Waals surface area contributed by atoms with Crippen LogP contribution in [0.4, 0.5) is 0 Å². The fourth-order valence-corrected chi connectivity index (χ4v) is 1.49. The molecule has 0 spiro atoms. The standard InChI is InChI=1S/C13H19N3O2/c1-9(12(15)17)16-13(18)11(14)8-7-10-5-3-2-4-6-10/h2-6,9,11H,7-8,14H2,1H3,(H2,15,17)(H,16,18)/t9?,11-/m0/s1. The van der Waals surface area contributed by atoms with Crippen LogP contribution in [0, 0.1) is 0 Å². The molecule has 0 bridgehead atoms. The molecule has 1 unspecified atom stereocenters. The molecule has 0 aromatic heterocycles. The highest BCUT2D eigenvalue weighted by Gasteiger charge is 2.17.